The highest BCUT2D eigenvalue weighted by Gasteiger charge is 1.84. The van der Waals surface area contributed by atoms with E-state index >= 15 is 0 Å². The van der Waals surface area contributed by atoms with Gasteiger partial charge < -0.3 is 0 Å². The molecule has 0 rings (SSSR count). The molecule has 3 unspecified atom stereocenters. The van der Waals surface area contributed by atoms with Gasteiger partial charge in [-0.1, -0.05) is 27.5 Å². The summed E-state index contributed by atoms with van der Waals surface area (Å²) in [6.45, 7) is 4.53. The van der Waals surface area contributed by atoms with Crippen LogP contribution in [-0.4, -0.2) is 13.3 Å². The predicted molar refractivity (Wildman–Crippen MR) is 45.9 cm³/mol. The third-order valence-corrected chi connectivity index (χ3v) is 5.07. The van der Waals surface area contributed by atoms with Crippen LogP contribution in [0.5, 0.6) is 0 Å². The Morgan fingerprint density at radius 3 is 2.43 bits per heavy atom. The van der Waals surface area contributed by atoms with E-state index in [2.05, 4.69) is 34.2 Å². The Kier molecular flexibility index (Phi) is 5.93. The van der Waals surface area contributed by atoms with E-state index in [1.807, 2.05) is 0 Å². The highest BCUT2D eigenvalue weighted by atomic mass is 32.0. The zero-order valence-corrected chi connectivity index (χ0v) is 7.73. The largest absolute Gasteiger partial charge is 0.114 e. The van der Waals surface area contributed by atoms with Gasteiger partial charge in [-0.25, -0.2) is 0 Å². The Hall–Kier alpha value is 1.03. The van der Waals surface area contributed by atoms with Crippen LogP contribution in [-0.2, 0) is 0 Å². The quantitative estimate of drug-likeness (QED) is 0.533. The standard InChI is InChI=1S/C4H11P3/c1-6-7(2)4-3-5/h3-4,6H,5H2,1-2H3/b4-3-. The second kappa shape index (κ2) is 5.17. The van der Waals surface area contributed by atoms with Crippen LogP contribution in [0.15, 0.2) is 11.6 Å². The highest BCUT2D eigenvalue weighted by molar-refractivity contribution is 8.22. The van der Waals surface area contributed by atoms with E-state index in [1.54, 1.807) is 0 Å². The summed E-state index contributed by atoms with van der Waals surface area (Å²) in [5, 5.41) is 0. The molecule has 0 aromatic rings. The molecule has 0 aliphatic carbocycles. The molecule has 7 heavy (non-hydrogen) atoms. The van der Waals surface area contributed by atoms with Crippen LogP contribution in [0, 0.1) is 0 Å². The van der Waals surface area contributed by atoms with Crippen molar-refractivity contribution >= 4 is 25.1 Å². The molecule has 0 aliphatic rings. The Balaban J connectivity index is 3.16. The molecule has 0 aromatic heterocycles. The van der Waals surface area contributed by atoms with E-state index in [9.17, 15) is 0 Å². The average Bonchev–Trinajstić information content (AvgIpc) is 1.68. The molecule has 0 aliphatic heterocycles. The highest BCUT2D eigenvalue weighted by Crippen LogP contribution is 2.50. The first-order valence-electron chi connectivity index (χ1n) is 2.10. The summed E-state index contributed by atoms with van der Waals surface area (Å²) >= 11 is 0. The summed E-state index contributed by atoms with van der Waals surface area (Å²) in [6, 6.07) is 0. The molecule has 0 spiro atoms. The van der Waals surface area contributed by atoms with Crippen molar-refractivity contribution in [2.75, 3.05) is 13.3 Å². The molecule has 0 heterocycles. The fourth-order valence-corrected chi connectivity index (χ4v) is 2.61. The number of hydrogen-bond acceptors (Lipinski definition) is 0. The van der Waals surface area contributed by atoms with Crippen LogP contribution in [0.2, 0.25) is 0 Å². The summed E-state index contributed by atoms with van der Waals surface area (Å²) in [7, 11) is 3.94. The molecule has 0 bridgehead atoms. The van der Waals surface area contributed by atoms with Crippen LogP contribution in [0.4, 0.5) is 0 Å². The topological polar surface area (TPSA) is 0 Å². The van der Waals surface area contributed by atoms with E-state index in [0.717, 1.165) is 8.27 Å². The molecule has 0 N–H and O–H groups in total. The maximum Gasteiger partial charge on any atom is -0.0373 e. The van der Waals surface area contributed by atoms with Crippen molar-refractivity contribution in [2.45, 2.75) is 0 Å². The molecule has 0 aromatic carbocycles. The maximum atomic E-state index is 2.59. The van der Waals surface area contributed by atoms with Crippen molar-refractivity contribution in [1.29, 1.82) is 0 Å². The lowest BCUT2D eigenvalue weighted by Gasteiger charge is -1.97. The van der Waals surface area contributed by atoms with Gasteiger partial charge in [0.05, 0.1) is 0 Å². The van der Waals surface area contributed by atoms with E-state index in [0.29, 0.717) is 0 Å². The van der Waals surface area contributed by atoms with E-state index in [-0.39, 0.29) is 7.61 Å². The molecule has 0 fully saturated rings. The number of hydrogen-bond donors (Lipinski definition) is 0. The van der Waals surface area contributed by atoms with Gasteiger partial charge in [0.25, 0.3) is 0 Å². The van der Waals surface area contributed by atoms with Crippen molar-refractivity contribution in [1.82, 2.24) is 0 Å². The lowest BCUT2D eigenvalue weighted by Crippen LogP contribution is -1.45. The van der Waals surface area contributed by atoms with E-state index in [4.69, 9.17) is 0 Å². The van der Waals surface area contributed by atoms with Crippen LogP contribution in [0.3, 0.4) is 0 Å². The van der Waals surface area contributed by atoms with Crippen molar-refractivity contribution in [2.24, 2.45) is 0 Å². The Morgan fingerprint density at radius 2 is 2.29 bits per heavy atom. The fourth-order valence-electron chi connectivity index (χ4n) is 0.204. The lowest BCUT2D eigenvalue weighted by molar-refractivity contribution is 2.35. The summed E-state index contributed by atoms with van der Waals surface area (Å²) in [5.74, 6) is 4.32. The molecule has 3 atom stereocenters. The minimum atomic E-state index is 0.248. The van der Waals surface area contributed by atoms with Gasteiger partial charge in [-0.05, 0) is 13.3 Å². The molecular weight excluding hydrogens is 141 g/mol. The van der Waals surface area contributed by atoms with Gasteiger partial charge in [0.1, 0.15) is 0 Å². The second-order valence-electron chi connectivity index (χ2n) is 1.18. The first-order valence-corrected chi connectivity index (χ1v) is 6.96. The van der Waals surface area contributed by atoms with Gasteiger partial charge in [-0.15, -0.1) is 9.24 Å². The van der Waals surface area contributed by atoms with Crippen LogP contribution in [0.25, 0.3) is 0 Å². The van der Waals surface area contributed by atoms with Crippen molar-refractivity contribution in [3.63, 3.8) is 0 Å². The summed E-state index contributed by atoms with van der Waals surface area (Å²) in [6.07, 6.45) is 0. The van der Waals surface area contributed by atoms with Crippen molar-refractivity contribution < 1.29 is 0 Å². The SMILES string of the molecule is CPP(C)/C=C\P. The van der Waals surface area contributed by atoms with Gasteiger partial charge in [0, 0.05) is 0 Å². The predicted octanol–water partition coefficient (Wildman–Crippen LogP) is 2.67. The normalized spacial score (nSPS) is 17.0. The molecule has 0 saturated carbocycles. The summed E-state index contributed by atoms with van der Waals surface area (Å²) in [5.41, 5.74) is 0. The Morgan fingerprint density at radius 1 is 1.71 bits per heavy atom. The van der Waals surface area contributed by atoms with Crippen LogP contribution < -0.4 is 0 Å². The van der Waals surface area contributed by atoms with Crippen LogP contribution in [0.1, 0.15) is 0 Å². The molecule has 0 saturated heterocycles. The lowest BCUT2D eigenvalue weighted by atomic mass is 11.3. The first kappa shape index (κ1) is 8.03. The molecular formula is C4H11P3. The van der Waals surface area contributed by atoms with Crippen molar-refractivity contribution in [3.05, 3.63) is 11.6 Å². The van der Waals surface area contributed by atoms with Gasteiger partial charge >= 0.3 is 0 Å². The number of rotatable bonds is 2. The van der Waals surface area contributed by atoms with E-state index < -0.39 is 0 Å². The van der Waals surface area contributed by atoms with E-state index in [1.165, 1.54) is 0 Å². The monoisotopic (exact) mass is 152 g/mol. The minimum absolute atomic E-state index is 0.248. The maximum absolute atomic E-state index is 2.59. The van der Waals surface area contributed by atoms with Gasteiger partial charge in [-0.2, -0.15) is 0 Å². The molecule has 0 amide bonds. The molecule has 3 heteroatoms. The average molecular weight is 152 g/mol. The third kappa shape index (κ3) is 4.89. The Bertz CT molecular complexity index is 60.0. The summed E-state index contributed by atoms with van der Waals surface area (Å²) < 4.78 is 0. The smallest absolute Gasteiger partial charge is 0.0373 e. The second-order valence-corrected chi connectivity index (χ2v) is 6.99. The minimum Gasteiger partial charge on any atom is -0.114 e. The Labute approximate surface area is 50.8 Å². The summed E-state index contributed by atoms with van der Waals surface area (Å²) in [4.78, 5) is 0. The van der Waals surface area contributed by atoms with Gasteiger partial charge in [0.15, 0.2) is 0 Å². The fraction of sp³-hybridized carbons (Fsp3) is 0.500. The third-order valence-electron chi connectivity index (χ3n) is 0.662. The van der Waals surface area contributed by atoms with Gasteiger partial charge in [0.2, 0.25) is 0 Å². The van der Waals surface area contributed by atoms with Gasteiger partial charge in [-0.3, -0.25) is 0 Å². The zero-order chi connectivity index (χ0) is 5.70. The molecule has 0 nitrogen and oxygen atoms in total. The molecule has 0 radical (unpaired) electrons. The van der Waals surface area contributed by atoms with Crippen LogP contribution >= 0.6 is 25.1 Å². The zero-order valence-electron chi connectivity index (χ0n) is 4.68. The van der Waals surface area contributed by atoms with Crippen molar-refractivity contribution in [3.8, 4) is 0 Å². The first-order chi connectivity index (χ1) is 3.31. The molecule has 42 valence electrons.